The van der Waals surface area contributed by atoms with Gasteiger partial charge in [-0.2, -0.15) is 0 Å². The highest BCUT2D eigenvalue weighted by molar-refractivity contribution is 7.80. The van der Waals surface area contributed by atoms with Crippen LogP contribution in [0.4, 0.5) is 18.9 Å². The SMILES string of the molecule is COc1ccc(NC(=S)NCc2cccc(OC(F)(F)F)c2)c(C)c1. The number of alkyl halides is 3. The summed E-state index contributed by atoms with van der Waals surface area (Å²) in [5.41, 5.74) is 2.37. The van der Waals surface area contributed by atoms with Gasteiger partial charge in [-0.15, -0.1) is 13.2 Å². The number of aryl methyl sites for hydroxylation is 1. The van der Waals surface area contributed by atoms with Crippen LogP contribution in [0.2, 0.25) is 0 Å². The van der Waals surface area contributed by atoms with Gasteiger partial charge in [0.1, 0.15) is 11.5 Å². The molecule has 2 aromatic carbocycles. The largest absolute Gasteiger partial charge is 0.573 e. The predicted molar refractivity (Wildman–Crippen MR) is 93.9 cm³/mol. The van der Waals surface area contributed by atoms with Crippen LogP contribution in [0.3, 0.4) is 0 Å². The minimum absolute atomic E-state index is 0.260. The summed E-state index contributed by atoms with van der Waals surface area (Å²) in [5.74, 6) is 0.472. The molecule has 0 saturated carbocycles. The zero-order valence-corrected chi connectivity index (χ0v) is 14.4. The van der Waals surface area contributed by atoms with E-state index >= 15 is 0 Å². The first kappa shape index (κ1) is 18.9. The summed E-state index contributed by atoms with van der Waals surface area (Å²) >= 11 is 5.21. The van der Waals surface area contributed by atoms with Crippen molar-refractivity contribution >= 4 is 23.0 Å². The lowest BCUT2D eigenvalue weighted by Crippen LogP contribution is -2.28. The highest BCUT2D eigenvalue weighted by atomic mass is 32.1. The molecule has 8 heteroatoms. The molecule has 0 unspecified atom stereocenters. The Labute approximate surface area is 148 Å². The summed E-state index contributed by atoms with van der Waals surface area (Å²) in [6.45, 7) is 2.17. The lowest BCUT2D eigenvalue weighted by Gasteiger charge is -2.14. The normalized spacial score (nSPS) is 10.9. The molecule has 0 heterocycles. The summed E-state index contributed by atoms with van der Waals surface area (Å²) in [7, 11) is 1.59. The molecule has 0 aliphatic rings. The van der Waals surface area contributed by atoms with Crippen molar-refractivity contribution in [2.75, 3.05) is 12.4 Å². The lowest BCUT2D eigenvalue weighted by atomic mass is 10.2. The Balaban J connectivity index is 1.93. The summed E-state index contributed by atoms with van der Waals surface area (Å²) in [6, 6.07) is 11.2. The van der Waals surface area contributed by atoms with Crippen LogP contribution in [0.25, 0.3) is 0 Å². The van der Waals surface area contributed by atoms with Gasteiger partial charge in [0.15, 0.2) is 5.11 Å². The number of anilines is 1. The molecule has 2 aromatic rings. The molecular formula is C17H17F3N2O2S. The van der Waals surface area contributed by atoms with Crippen LogP contribution >= 0.6 is 12.2 Å². The maximum absolute atomic E-state index is 12.2. The number of halogens is 3. The summed E-state index contributed by atoms with van der Waals surface area (Å²) in [4.78, 5) is 0. The first-order chi connectivity index (χ1) is 11.8. The van der Waals surface area contributed by atoms with Gasteiger partial charge in [0.2, 0.25) is 0 Å². The van der Waals surface area contributed by atoms with Crippen molar-refractivity contribution in [3.05, 3.63) is 53.6 Å². The van der Waals surface area contributed by atoms with Gasteiger partial charge in [0.25, 0.3) is 0 Å². The number of ether oxygens (including phenoxy) is 2. The van der Waals surface area contributed by atoms with E-state index in [1.54, 1.807) is 19.2 Å². The number of hydrogen-bond donors (Lipinski definition) is 2. The van der Waals surface area contributed by atoms with Crippen molar-refractivity contribution in [1.29, 1.82) is 0 Å². The number of thiocarbonyl (C=S) groups is 1. The van der Waals surface area contributed by atoms with Gasteiger partial charge in [0, 0.05) is 12.2 Å². The van der Waals surface area contributed by atoms with E-state index in [0.29, 0.717) is 10.7 Å². The fourth-order valence-electron chi connectivity index (χ4n) is 2.10. The third-order valence-electron chi connectivity index (χ3n) is 3.27. The van der Waals surface area contributed by atoms with Crippen LogP contribution in [-0.2, 0) is 6.54 Å². The molecule has 4 nitrogen and oxygen atoms in total. The van der Waals surface area contributed by atoms with Crippen molar-refractivity contribution in [2.24, 2.45) is 0 Å². The van der Waals surface area contributed by atoms with E-state index < -0.39 is 6.36 Å². The molecule has 2 N–H and O–H groups in total. The number of nitrogens with one attached hydrogen (secondary N) is 2. The molecule has 0 bridgehead atoms. The summed E-state index contributed by atoms with van der Waals surface area (Å²) in [6.07, 6.45) is -4.71. The molecule has 0 fully saturated rings. The molecule has 0 aromatic heterocycles. The lowest BCUT2D eigenvalue weighted by molar-refractivity contribution is -0.274. The predicted octanol–water partition coefficient (Wildman–Crippen LogP) is 4.39. The first-order valence-corrected chi connectivity index (χ1v) is 7.72. The Morgan fingerprint density at radius 1 is 1.12 bits per heavy atom. The number of rotatable bonds is 5. The number of methoxy groups -OCH3 is 1. The van der Waals surface area contributed by atoms with E-state index in [4.69, 9.17) is 17.0 Å². The second-order valence-electron chi connectivity index (χ2n) is 5.18. The standard InChI is InChI=1S/C17H17F3N2O2S/c1-11-8-13(23-2)6-7-15(11)22-16(25)21-10-12-4-3-5-14(9-12)24-17(18,19)20/h3-9H,10H2,1-2H3,(H2,21,22,25). The monoisotopic (exact) mass is 370 g/mol. The molecule has 0 amide bonds. The second kappa shape index (κ2) is 8.06. The van der Waals surface area contributed by atoms with Crippen LogP contribution in [0, 0.1) is 6.92 Å². The zero-order chi connectivity index (χ0) is 18.4. The van der Waals surface area contributed by atoms with Crippen LogP contribution in [-0.4, -0.2) is 18.6 Å². The molecule has 0 spiro atoms. The van der Waals surface area contributed by atoms with Gasteiger partial charge in [-0.05, 0) is 60.6 Å². The minimum atomic E-state index is -4.71. The third-order valence-corrected chi connectivity index (χ3v) is 3.51. The maximum Gasteiger partial charge on any atom is 0.573 e. The Bertz CT molecular complexity index is 751. The fourth-order valence-corrected chi connectivity index (χ4v) is 2.29. The van der Waals surface area contributed by atoms with Crippen molar-refractivity contribution in [1.82, 2.24) is 5.32 Å². The Morgan fingerprint density at radius 2 is 1.88 bits per heavy atom. The average Bonchev–Trinajstić information content (AvgIpc) is 2.53. The van der Waals surface area contributed by atoms with E-state index in [0.717, 1.165) is 17.0 Å². The van der Waals surface area contributed by atoms with E-state index in [1.165, 1.54) is 18.2 Å². The van der Waals surface area contributed by atoms with Gasteiger partial charge in [-0.25, -0.2) is 0 Å². The third kappa shape index (κ3) is 6.15. The van der Waals surface area contributed by atoms with Crippen LogP contribution in [0.15, 0.2) is 42.5 Å². The molecule has 25 heavy (non-hydrogen) atoms. The van der Waals surface area contributed by atoms with Gasteiger partial charge in [-0.1, -0.05) is 12.1 Å². The van der Waals surface area contributed by atoms with Crippen molar-refractivity contribution in [3.8, 4) is 11.5 Å². The number of benzene rings is 2. The van der Waals surface area contributed by atoms with Crippen molar-refractivity contribution < 1.29 is 22.6 Å². The molecule has 0 aliphatic heterocycles. The fraction of sp³-hybridized carbons (Fsp3) is 0.235. The quantitative estimate of drug-likeness (QED) is 0.764. The first-order valence-electron chi connectivity index (χ1n) is 7.31. The highest BCUT2D eigenvalue weighted by Crippen LogP contribution is 2.23. The molecule has 0 aliphatic carbocycles. The molecular weight excluding hydrogens is 353 g/mol. The average molecular weight is 370 g/mol. The molecule has 2 rings (SSSR count). The zero-order valence-electron chi connectivity index (χ0n) is 13.6. The Kier molecular flexibility index (Phi) is 6.08. The smallest absolute Gasteiger partial charge is 0.497 e. The van der Waals surface area contributed by atoms with E-state index in [-0.39, 0.29) is 12.3 Å². The molecule has 0 saturated heterocycles. The van der Waals surface area contributed by atoms with Crippen LogP contribution in [0.5, 0.6) is 11.5 Å². The van der Waals surface area contributed by atoms with Gasteiger partial charge in [0.05, 0.1) is 7.11 Å². The van der Waals surface area contributed by atoms with Crippen LogP contribution < -0.4 is 20.1 Å². The Morgan fingerprint density at radius 3 is 2.52 bits per heavy atom. The summed E-state index contributed by atoms with van der Waals surface area (Å²) < 4.78 is 45.8. The van der Waals surface area contributed by atoms with Crippen LogP contribution in [0.1, 0.15) is 11.1 Å². The van der Waals surface area contributed by atoms with E-state index in [2.05, 4.69) is 15.4 Å². The molecule has 134 valence electrons. The maximum atomic E-state index is 12.2. The Hall–Kier alpha value is -2.48. The number of hydrogen-bond acceptors (Lipinski definition) is 3. The van der Waals surface area contributed by atoms with Gasteiger partial charge in [-0.3, -0.25) is 0 Å². The van der Waals surface area contributed by atoms with E-state index in [1.807, 2.05) is 19.1 Å². The van der Waals surface area contributed by atoms with Gasteiger partial charge < -0.3 is 20.1 Å². The highest BCUT2D eigenvalue weighted by Gasteiger charge is 2.31. The topological polar surface area (TPSA) is 42.5 Å². The molecule has 0 atom stereocenters. The second-order valence-corrected chi connectivity index (χ2v) is 5.59. The minimum Gasteiger partial charge on any atom is -0.497 e. The van der Waals surface area contributed by atoms with E-state index in [9.17, 15) is 13.2 Å². The van der Waals surface area contributed by atoms with Gasteiger partial charge >= 0.3 is 6.36 Å². The van der Waals surface area contributed by atoms with Crippen molar-refractivity contribution in [2.45, 2.75) is 19.8 Å². The summed E-state index contributed by atoms with van der Waals surface area (Å²) in [5, 5.41) is 6.34. The molecule has 0 radical (unpaired) electrons. The van der Waals surface area contributed by atoms with Crippen molar-refractivity contribution in [3.63, 3.8) is 0 Å².